The van der Waals surface area contributed by atoms with Gasteiger partial charge < -0.3 is 5.32 Å². The molecular formula is C6H8FN3O. The molecule has 0 aliphatic carbocycles. The fourth-order valence-electron chi connectivity index (χ4n) is 0.625. The minimum Gasteiger partial charge on any atom is -0.335 e. The Kier molecular flexibility index (Phi) is 2.59. The third kappa shape index (κ3) is 2.03. The van der Waals surface area contributed by atoms with Crippen molar-refractivity contribution < 1.29 is 9.18 Å². The first-order chi connectivity index (χ1) is 5.34. The Hall–Kier alpha value is -1.39. The fourth-order valence-corrected chi connectivity index (χ4v) is 0.625. The number of carbonyl (C=O) groups excluding carboxylic acids is 1. The van der Waals surface area contributed by atoms with Crippen molar-refractivity contribution in [3.8, 4) is 0 Å². The topological polar surface area (TPSA) is 46.9 Å². The van der Waals surface area contributed by atoms with Crippen LogP contribution in [0.25, 0.3) is 0 Å². The van der Waals surface area contributed by atoms with Crippen LogP contribution in [0.4, 0.5) is 9.18 Å². The summed E-state index contributed by atoms with van der Waals surface area (Å²) in [7, 11) is 0. The van der Waals surface area contributed by atoms with Crippen molar-refractivity contribution in [2.45, 2.75) is 0 Å². The van der Waals surface area contributed by atoms with Gasteiger partial charge in [-0.2, -0.15) is 0 Å². The maximum Gasteiger partial charge on any atom is 0.326 e. The van der Waals surface area contributed by atoms with Crippen molar-refractivity contribution in [1.82, 2.24) is 14.9 Å². The quantitative estimate of drug-likeness (QED) is 0.675. The second-order valence-corrected chi connectivity index (χ2v) is 1.89. The van der Waals surface area contributed by atoms with Crippen molar-refractivity contribution in [3.05, 3.63) is 18.7 Å². The summed E-state index contributed by atoms with van der Waals surface area (Å²) in [5, 5.41) is 2.34. The van der Waals surface area contributed by atoms with Crippen LogP contribution in [0.3, 0.4) is 0 Å². The van der Waals surface area contributed by atoms with Crippen molar-refractivity contribution in [3.63, 3.8) is 0 Å². The predicted octanol–water partition coefficient (Wildman–Crippen LogP) is 0.410. The monoisotopic (exact) mass is 157 g/mol. The number of aromatic nitrogens is 2. The molecule has 1 rings (SSSR count). The molecule has 60 valence electrons. The summed E-state index contributed by atoms with van der Waals surface area (Å²) in [5.74, 6) is 0. The average molecular weight is 157 g/mol. The van der Waals surface area contributed by atoms with E-state index in [0.29, 0.717) is 0 Å². The highest BCUT2D eigenvalue weighted by molar-refractivity contribution is 5.76. The van der Waals surface area contributed by atoms with Gasteiger partial charge in [-0.1, -0.05) is 0 Å². The summed E-state index contributed by atoms with van der Waals surface area (Å²) in [5.41, 5.74) is 0. The van der Waals surface area contributed by atoms with Crippen molar-refractivity contribution in [2.75, 3.05) is 13.2 Å². The predicted molar refractivity (Wildman–Crippen MR) is 37.0 cm³/mol. The summed E-state index contributed by atoms with van der Waals surface area (Å²) in [6.45, 7) is -0.516. The molecule has 1 aromatic rings. The van der Waals surface area contributed by atoms with Gasteiger partial charge in [-0.15, -0.1) is 0 Å². The number of rotatable bonds is 2. The number of nitrogens with zero attached hydrogens (tertiary/aromatic N) is 2. The Labute approximate surface area is 63.0 Å². The largest absolute Gasteiger partial charge is 0.335 e. The molecule has 0 spiro atoms. The highest BCUT2D eigenvalue weighted by Crippen LogP contribution is 1.83. The van der Waals surface area contributed by atoms with Gasteiger partial charge in [0.25, 0.3) is 0 Å². The molecular weight excluding hydrogens is 149 g/mol. The van der Waals surface area contributed by atoms with Crippen LogP contribution in [0.2, 0.25) is 0 Å². The second-order valence-electron chi connectivity index (χ2n) is 1.89. The van der Waals surface area contributed by atoms with Gasteiger partial charge >= 0.3 is 6.03 Å². The average Bonchev–Trinajstić information content (AvgIpc) is 2.52. The number of halogens is 1. The lowest BCUT2D eigenvalue weighted by Gasteiger charge is -2.00. The van der Waals surface area contributed by atoms with Crippen LogP contribution in [-0.4, -0.2) is 28.8 Å². The summed E-state index contributed by atoms with van der Waals surface area (Å²) in [6, 6.07) is -0.361. The normalized spacial score (nSPS) is 9.55. The molecule has 0 saturated heterocycles. The van der Waals surface area contributed by atoms with Crippen LogP contribution in [0.15, 0.2) is 18.7 Å². The molecule has 11 heavy (non-hydrogen) atoms. The number of alkyl halides is 1. The van der Waals surface area contributed by atoms with Crippen LogP contribution in [0, 0.1) is 0 Å². The van der Waals surface area contributed by atoms with Gasteiger partial charge in [-0.25, -0.2) is 14.2 Å². The molecule has 4 nitrogen and oxygen atoms in total. The lowest BCUT2D eigenvalue weighted by molar-refractivity contribution is 0.241. The van der Waals surface area contributed by atoms with Gasteiger partial charge in [-0.05, 0) is 0 Å². The zero-order valence-electron chi connectivity index (χ0n) is 5.83. The number of hydrogen-bond acceptors (Lipinski definition) is 2. The van der Waals surface area contributed by atoms with E-state index in [1.807, 2.05) is 0 Å². The van der Waals surface area contributed by atoms with Gasteiger partial charge in [0.1, 0.15) is 13.0 Å². The minimum absolute atomic E-state index is 0.0387. The first-order valence-electron chi connectivity index (χ1n) is 3.16. The van der Waals surface area contributed by atoms with E-state index >= 15 is 0 Å². The SMILES string of the molecule is O=C(NCCF)n1ccnc1. The van der Waals surface area contributed by atoms with Crippen LogP contribution >= 0.6 is 0 Å². The summed E-state index contributed by atoms with van der Waals surface area (Å²) in [4.78, 5) is 14.6. The van der Waals surface area contributed by atoms with E-state index in [0.717, 1.165) is 0 Å². The van der Waals surface area contributed by atoms with E-state index in [4.69, 9.17) is 0 Å². The Bertz CT molecular complexity index is 222. The van der Waals surface area contributed by atoms with Crippen molar-refractivity contribution in [2.24, 2.45) is 0 Å². The molecule has 0 fully saturated rings. The Morgan fingerprint density at radius 3 is 3.09 bits per heavy atom. The summed E-state index contributed by atoms with van der Waals surface area (Å²) >= 11 is 0. The number of imidazole rings is 1. The van der Waals surface area contributed by atoms with Crippen LogP contribution in [-0.2, 0) is 0 Å². The number of amides is 1. The molecule has 1 heterocycles. The maximum atomic E-state index is 11.6. The molecule has 0 bridgehead atoms. The van der Waals surface area contributed by atoms with Crippen molar-refractivity contribution >= 4 is 6.03 Å². The molecule has 0 aromatic carbocycles. The summed E-state index contributed by atoms with van der Waals surface area (Å²) < 4.78 is 12.8. The first-order valence-corrected chi connectivity index (χ1v) is 3.16. The van der Waals surface area contributed by atoms with Gasteiger partial charge in [0.2, 0.25) is 0 Å². The molecule has 1 aromatic heterocycles. The van der Waals surface area contributed by atoms with E-state index in [9.17, 15) is 9.18 Å². The van der Waals surface area contributed by atoms with Crippen LogP contribution in [0.1, 0.15) is 0 Å². The third-order valence-corrected chi connectivity index (χ3v) is 1.11. The standard InChI is InChI=1S/C6H8FN3O/c7-1-2-9-6(11)10-4-3-8-5-10/h3-5H,1-2H2,(H,9,11). The number of carbonyl (C=O) groups is 1. The highest BCUT2D eigenvalue weighted by Gasteiger charge is 1.99. The van der Waals surface area contributed by atoms with E-state index in [2.05, 4.69) is 10.3 Å². The molecule has 1 amide bonds. The molecule has 5 heteroatoms. The third-order valence-electron chi connectivity index (χ3n) is 1.11. The smallest absolute Gasteiger partial charge is 0.326 e. The first kappa shape index (κ1) is 7.71. The fraction of sp³-hybridized carbons (Fsp3) is 0.333. The van der Waals surface area contributed by atoms with Gasteiger partial charge in [-0.3, -0.25) is 4.57 Å². The van der Waals surface area contributed by atoms with Crippen LogP contribution in [0.5, 0.6) is 0 Å². The number of nitrogens with one attached hydrogen (secondary N) is 1. The summed E-state index contributed by atoms with van der Waals surface area (Å²) in [6.07, 6.45) is 4.33. The van der Waals surface area contributed by atoms with Crippen LogP contribution < -0.4 is 5.32 Å². The van der Waals surface area contributed by atoms with Gasteiger partial charge in [0, 0.05) is 18.9 Å². The number of hydrogen-bond donors (Lipinski definition) is 1. The molecule has 0 atom stereocenters. The molecule has 0 aliphatic heterocycles. The maximum absolute atomic E-state index is 11.6. The zero-order valence-corrected chi connectivity index (χ0v) is 5.83. The van der Waals surface area contributed by atoms with E-state index in [1.54, 1.807) is 0 Å². The Morgan fingerprint density at radius 2 is 2.55 bits per heavy atom. The van der Waals surface area contributed by atoms with Gasteiger partial charge in [0.15, 0.2) is 0 Å². The van der Waals surface area contributed by atoms with E-state index in [-0.39, 0.29) is 12.6 Å². The highest BCUT2D eigenvalue weighted by atomic mass is 19.1. The lowest BCUT2D eigenvalue weighted by atomic mass is 10.7. The Morgan fingerprint density at radius 1 is 1.73 bits per heavy atom. The minimum atomic E-state index is -0.555. The Balaban J connectivity index is 2.43. The van der Waals surface area contributed by atoms with E-state index < -0.39 is 6.67 Å². The van der Waals surface area contributed by atoms with Gasteiger partial charge in [0.05, 0.1) is 0 Å². The second kappa shape index (κ2) is 3.70. The molecule has 1 N–H and O–H groups in total. The molecule has 0 aliphatic rings. The molecule has 0 unspecified atom stereocenters. The van der Waals surface area contributed by atoms with E-state index in [1.165, 1.54) is 23.3 Å². The lowest BCUT2D eigenvalue weighted by Crippen LogP contribution is -2.29. The molecule has 0 saturated carbocycles. The zero-order chi connectivity index (χ0) is 8.10. The van der Waals surface area contributed by atoms with Crippen molar-refractivity contribution in [1.29, 1.82) is 0 Å². The molecule has 0 radical (unpaired) electrons.